The van der Waals surface area contributed by atoms with Crippen LogP contribution in [0, 0.1) is 0 Å². The minimum absolute atomic E-state index is 0. The first kappa shape index (κ1) is 28.4. The molecular formula is C21H19F3N3NaO4S2. The van der Waals surface area contributed by atoms with Crippen molar-refractivity contribution in [3.63, 3.8) is 0 Å². The fraction of sp³-hybridized carbons (Fsp3) is 0.238. The maximum Gasteiger partial charge on any atom is 1.00 e. The summed E-state index contributed by atoms with van der Waals surface area (Å²) in [6.07, 6.45) is -2.97. The van der Waals surface area contributed by atoms with Gasteiger partial charge in [0.25, 0.3) is 0 Å². The number of hydrogen-bond acceptors (Lipinski definition) is 6. The molecule has 2 aromatic carbocycles. The van der Waals surface area contributed by atoms with E-state index in [0.29, 0.717) is 5.56 Å². The molecule has 0 aliphatic rings. The van der Waals surface area contributed by atoms with Gasteiger partial charge < -0.3 is 14.6 Å². The monoisotopic (exact) mass is 521 g/mol. The van der Waals surface area contributed by atoms with Gasteiger partial charge in [-0.15, -0.1) is 11.8 Å². The van der Waals surface area contributed by atoms with E-state index in [4.69, 9.17) is 0 Å². The van der Waals surface area contributed by atoms with Crippen molar-refractivity contribution in [3.8, 4) is 16.9 Å². The number of rotatable bonds is 7. The average molecular weight is 522 g/mol. The van der Waals surface area contributed by atoms with E-state index in [9.17, 15) is 31.5 Å². The van der Waals surface area contributed by atoms with Crippen LogP contribution in [0.15, 0.2) is 58.3 Å². The minimum Gasteiger partial charge on any atom is -0.542 e. The van der Waals surface area contributed by atoms with E-state index >= 15 is 0 Å². The predicted molar refractivity (Wildman–Crippen MR) is 118 cm³/mol. The van der Waals surface area contributed by atoms with Crippen LogP contribution in [0.5, 0.6) is 0 Å². The molecule has 0 aliphatic heterocycles. The van der Waals surface area contributed by atoms with Crippen molar-refractivity contribution >= 4 is 27.7 Å². The molecule has 3 aromatic rings. The number of carbonyl (C=O) groups is 1. The van der Waals surface area contributed by atoms with Crippen molar-refractivity contribution < 1.29 is 61.0 Å². The molecule has 1 heterocycles. The molecule has 0 fully saturated rings. The van der Waals surface area contributed by atoms with Gasteiger partial charge in [-0.1, -0.05) is 19.1 Å². The normalized spacial score (nSPS) is 11.7. The third-order valence-electron chi connectivity index (χ3n) is 4.65. The number of aliphatic hydroxyl groups excluding tert-OH is 1. The summed E-state index contributed by atoms with van der Waals surface area (Å²) in [5.41, 5.74) is -0.578. The molecule has 0 atom stereocenters. The largest absolute Gasteiger partial charge is 1.00 e. The Kier molecular flexibility index (Phi) is 9.42. The zero-order chi connectivity index (χ0) is 24.4. The smallest absolute Gasteiger partial charge is 0.542 e. The minimum atomic E-state index is -4.71. The van der Waals surface area contributed by atoms with Crippen LogP contribution < -0.4 is 29.6 Å². The van der Waals surface area contributed by atoms with Gasteiger partial charge in [0, 0.05) is 10.5 Å². The Labute approximate surface area is 221 Å². The third-order valence-corrected chi connectivity index (χ3v) is 6.79. The molecule has 176 valence electrons. The topological polar surface area (TPSA) is 103 Å². The van der Waals surface area contributed by atoms with E-state index < -0.39 is 39.3 Å². The number of alkyl halides is 3. The zero-order valence-electron chi connectivity index (χ0n) is 18.5. The van der Waals surface area contributed by atoms with Gasteiger partial charge in [-0.05, 0) is 54.6 Å². The zero-order valence-corrected chi connectivity index (χ0v) is 22.1. The van der Waals surface area contributed by atoms with Crippen LogP contribution >= 0.6 is 11.8 Å². The number of amides is 1. The Morgan fingerprint density at radius 1 is 1.15 bits per heavy atom. The molecule has 0 saturated carbocycles. The first-order chi connectivity index (χ1) is 15.5. The Bertz CT molecular complexity index is 1280. The Hall–Kier alpha value is -1.83. The van der Waals surface area contributed by atoms with Crippen molar-refractivity contribution in [1.29, 1.82) is 0 Å². The maximum absolute atomic E-state index is 13.4. The number of thioether (sulfide) groups is 1. The Morgan fingerprint density at radius 3 is 2.32 bits per heavy atom. The standard InChI is InChI=1S/C21H20F3N3O4S2.Na/c1-3-20(29)26-33(30,31)18-9-6-15(10-14(18)12-28)27-17(11-19(25-27)21(22,23)24)13-4-7-16(32-2)8-5-13;/h4-11,28H,3,12H2,1-2H3,(H,26,29);/q;+1/p-1. The second-order valence-electron chi connectivity index (χ2n) is 6.82. The van der Waals surface area contributed by atoms with E-state index in [1.807, 2.05) is 6.26 Å². The van der Waals surface area contributed by atoms with Gasteiger partial charge in [0.2, 0.25) is 0 Å². The van der Waals surface area contributed by atoms with Crippen LogP contribution in [-0.4, -0.2) is 35.5 Å². The maximum atomic E-state index is 13.4. The van der Waals surface area contributed by atoms with Crippen LogP contribution in [0.2, 0.25) is 0 Å². The average Bonchev–Trinajstić information content (AvgIpc) is 3.24. The summed E-state index contributed by atoms with van der Waals surface area (Å²) in [6, 6.07) is 11.2. The van der Waals surface area contributed by atoms with Crippen molar-refractivity contribution in [2.24, 2.45) is 0 Å². The summed E-state index contributed by atoms with van der Waals surface area (Å²) < 4.78 is 69.3. The molecule has 1 aromatic heterocycles. The summed E-state index contributed by atoms with van der Waals surface area (Å²) in [4.78, 5) is 12.0. The van der Waals surface area contributed by atoms with Crippen molar-refractivity contribution in [3.05, 3.63) is 64.5 Å². The van der Waals surface area contributed by atoms with Gasteiger partial charge in [0.1, 0.15) is 10.0 Å². The van der Waals surface area contributed by atoms with Gasteiger partial charge in [0.05, 0.1) is 28.8 Å². The van der Waals surface area contributed by atoms with Crippen molar-refractivity contribution in [1.82, 2.24) is 9.78 Å². The summed E-state index contributed by atoms with van der Waals surface area (Å²) in [6.45, 7) is 0.698. The molecule has 0 radical (unpaired) electrons. The SMILES string of the molecule is CCC(=O)[N-]S(=O)(=O)c1ccc(-n2nc(C(F)(F)F)cc2-c2ccc(SC)cc2)cc1CO.[Na+]. The molecule has 13 heteroatoms. The van der Waals surface area contributed by atoms with Crippen LogP contribution in [0.4, 0.5) is 13.2 Å². The molecule has 0 saturated heterocycles. The van der Waals surface area contributed by atoms with Gasteiger partial charge in [-0.3, -0.25) is 0 Å². The number of sulfonamides is 1. The van der Waals surface area contributed by atoms with E-state index in [-0.39, 0.29) is 52.9 Å². The number of aliphatic hydroxyl groups is 1. The molecule has 0 aliphatic carbocycles. The van der Waals surface area contributed by atoms with Crippen LogP contribution in [0.3, 0.4) is 0 Å². The molecule has 1 amide bonds. The molecule has 7 nitrogen and oxygen atoms in total. The molecule has 0 unspecified atom stereocenters. The quantitative estimate of drug-likeness (QED) is 0.376. The van der Waals surface area contributed by atoms with Crippen LogP contribution in [0.1, 0.15) is 24.6 Å². The Morgan fingerprint density at radius 2 is 1.79 bits per heavy atom. The van der Waals surface area contributed by atoms with Crippen molar-refractivity contribution in [2.45, 2.75) is 35.9 Å². The summed E-state index contributed by atoms with van der Waals surface area (Å²) in [7, 11) is -4.40. The Balaban J connectivity index is 0.00000408. The van der Waals surface area contributed by atoms with Gasteiger partial charge >= 0.3 is 35.7 Å². The second kappa shape index (κ2) is 11.3. The predicted octanol–water partition coefficient (Wildman–Crippen LogP) is 1.78. The summed E-state index contributed by atoms with van der Waals surface area (Å²) >= 11 is 1.48. The fourth-order valence-corrected chi connectivity index (χ4v) is 4.60. The fourth-order valence-electron chi connectivity index (χ4n) is 3.00. The number of aromatic nitrogens is 2. The van der Waals surface area contributed by atoms with Crippen LogP contribution in [-0.2, 0) is 27.6 Å². The molecule has 0 bridgehead atoms. The third kappa shape index (κ3) is 6.23. The first-order valence-electron chi connectivity index (χ1n) is 9.57. The summed E-state index contributed by atoms with van der Waals surface area (Å²) in [5, 5.41) is 13.4. The summed E-state index contributed by atoms with van der Waals surface area (Å²) in [5.74, 6) is -0.860. The number of carbonyl (C=O) groups excluding carboxylic acids is 1. The molecular weight excluding hydrogens is 502 g/mol. The molecule has 3 rings (SSSR count). The van der Waals surface area contributed by atoms with Gasteiger partial charge in [-0.25, -0.2) is 13.1 Å². The van der Waals surface area contributed by atoms with E-state index in [0.717, 1.165) is 21.7 Å². The number of hydrogen-bond donors (Lipinski definition) is 1. The first-order valence-corrected chi connectivity index (χ1v) is 12.2. The van der Waals surface area contributed by atoms with Crippen LogP contribution in [0.25, 0.3) is 21.7 Å². The molecule has 34 heavy (non-hydrogen) atoms. The number of nitrogens with zero attached hydrogens (tertiary/aromatic N) is 3. The second-order valence-corrected chi connectivity index (χ2v) is 9.27. The van der Waals surface area contributed by atoms with E-state index in [1.165, 1.54) is 30.8 Å². The van der Waals surface area contributed by atoms with Crippen molar-refractivity contribution in [2.75, 3.05) is 6.26 Å². The molecule has 0 spiro atoms. The van der Waals surface area contributed by atoms with E-state index in [1.54, 1.807) is 24.3 Å². The number of benzene rings is 2. The number of halogens is 3. The van der Waals surface area contributed by atoms with E-state index in [2.05, 4.69) is 9.82 Å². The molecule has 1 N–H and O–H groups in total. The van der Waals surface area contributed by atoms with Gasteiger partial charge in [0.15, 0.2) is 5.69 Å². The van der Waals surface area contributed by atoms with Gasteiger partial charge in [-0.2, -0.15) is 18.3 Å².